The number of nitrogens with one attached hydrogen (secondary N) is 1. The van der Waals surface area contributed by atoms with Gasteiger partial charge in [-0.15, -0.1) is 0 Å². The molecule has 2 fully saturated rings. The maximum absolute atomic E-state index is 5.49. The van der Waals surface area contributed by atoms with E-state index in [9.17, 15) is 0 Å². The average Bonchev–Trinajstić information content (AvgIpc) is 2.45. The molecule has 1 saturated heterocycles. The van der Waals surface area contributed by atoms with Gasteiger partial charge < -0.3 is 10.1 Å². The minimum Gasteiger partial charge on any atom is -0.381 e. The smallest absolute Gasteiger partial charge is 0.0468 e. The zero-order valence-corrected chi connectivity index (χ0v) is 12.1. The Bertz CT molecular complexity index is 207. The molecule has 18 heavy (non-hydrogen) atoms. The van der Waals surface area contributed by atoms with Gasteiger partial charge in [0.25, 0.3) is 0 Å². The molecule has 0 bridgehead atoms. The van der Waals surface area contributed by atoms with Crippen molar-refractivity contribution >= 4 is 0 Å². The second kappa shape index (κ2) is 8.16. The van der Waals surface area contributed by atoms with Crippen molar-refractivity contribution < 1.29 is 4.74 Å². The van der Waals surface area contributed by atoms with Crippen LogP contribution >= 0.6 is 0 Å². The van der Waals surface area contributed by atoms with Gasteiger partial charge >= 0.3 is 0 Å². The van der Waals surface area contributed by atoms with Crippen molar-refractivity contribution in [3.63, 3.8) is 0 Å². The summed E-state index contributed by atoms with van der Waals surface area (Å²) in [6.45, 7) is 5.47. The summed E-state index contributed by atoms with van der Waals surface area (Å²) in [7, 11) is 0. The Hall–Kier alpha value is -0.0800. The van der Waals surface area contributed by atoms with Gasteiger partial charge in [0, 0.05) is 19.3 Å². The lowest BCUT2D eigenvalue weighted by Gasteiger charge is -2.34. The fourth-order valence-electron chi connectivity index (χ4n) is 3.65. The minimum absolute atomic E-state index is 0.786. The van der Waals surface area contributed by atoms with E-state index in [1.165, 1.54) is 64.3 Å². The van der Waals surface area contributed by atoms with Crippen LogP contribution in [0.25, 0.3) is 0 Å². The van der Waals surface area contributed by atoms with E-state index < -0.39 is 0 Å². The van der Waals surface area contributed by atoms with Crippen molar-refractivity contribution in [2.75, 3.05) is 19.8 Å². The molecule has 0 aromatic carbocycles. The molecular formula is C16H31NO. The maximum Gasteiger partial charge on any atom is 0.0468 e. The summed E-state index contributed by atoms with van der Waals surface area (Å²) in [5, 5.41) is 3.85. The van der Waals surface area contributed by atoms with Crippen molar-refractivity contribution in [3.8, 4) is 0 Å². The highest BCUT2D eigenvalue weighted by atomic mass is 16.5. The van der Waals surface area contributed by atoms with Crippen LogP contribution in [-0.2, 0) is 4.74 Å². The highest BCUT2D eigenvalue weighted by molar-refractivity contribution is 4.82. The Kier molecular flexibility index (Phi) is 6.50. The third kappa shape index (κ3) is 4.55. The highest BCUT2D eigenvalue weighted by Crippen LogP contribution is 2.31. The first-order chi connectivity index (χ1) is 8.90. The van der Waals surface area contributed by atoms with E-state index in [0.29, 0.717) is 0 Å². The molecule has 1 N–H and O–H groups in total. The minimum atomic E-state index is 0.786. The van der Waals surface area contributed by atoms with E-state index in [1.54, 1.807) is 0 Å². The van der Waals surface area contributed by atoms with Gasteiger partial charge in [-0.1, -0.05) is 26.2 Å². The summed E-state index contributed by atoms with van der Waals surface area (Å²) < 4.78 is 5.49. The van der Waals surface area contributed by atoms with E-state index in [4.69, 9.17) is 4.74 Å². The van der Waals surface area contributed by atoms with Crippen molar-refractivity contribution in [3.05, 3.63) is 0 Å². The second-order valence-electron chi connectivity index (χ2n) is 6.25. The van der Waals surface area contributed by atoms with E-state index >= 15 is 0 Å². The molecule has 1 aliphatic carbocycles. The predicted molar refractivity (Wildman–Crippen MR) is 76.8 cm³/mol. The molecule has 0 spiro atoms. The van der Waals surface area contributed by atoms with Gasteiger partial charge in [0.2, 0.25) is 0 Å². The molecule has 0 radical (unpaired) electrons. The van der Waals surface area contributed by atoms with Crippen LogP contribution in [0.15, 0.2) is 0 Å². The molecule has 1 saturated carbocycles. The topological polar surface area (TPSA) is 21.3 Å². The van der Waals surface area contributed by atoms with Gasteiger partial charge in [-0.3, -0.25) is 0 Å². The Labute approximate surface area is 113 Å². The Morgan fingerprint density at radius 3 is 2.44 bits per heavy atom. The second-order valence-corrected chi connectivity index (χ2v) is 6.25. The van der Waals surface area contributed by atoms with E-state index in [2.05, 4.69) is 12.2 Å². The molecule has 2 aliphatic rings. The summed E-state index contributed by atoms with van der Waals surface area (Å²) in [6.07, 6.45) is 12.5. The largest absolute Gasteiger partial charge is 0.381 e. The van der Waals surface area contributed by atoms with Crippen molar-refractivity contribution in [1.29, 1.82) is 0 Å². The predicted octanol–water partition coefficient (Wildman–Crippen LogP) is 3.75. The lowest BCUT2D eigenvalue weighted by molar-refractivity contribution is 0.0564. The Morgan fingerprint density at radius 1 is 1.06 bits per heavy atom. The van der Waals surface area contributed by atoms with Gasteiger partial charge in [0.15, 0.2) is 0 Å². The molecule has 0 amide bonds. The van der Waals surface area contributed by atoms with Gasteiger partial charge in [0.1, 0.15) is 0 Å². The fourth-order valence-corrected chi connectivity index (χ4v) is 3.65. The molecule has 2 heteroatoms. The third-order valence-corrected chi connectivity index (χ3v) is 4.80. The van der Waals surface area contributed by atoms with Gasteiger partial charge in [-0.05, 0) is 56.9 Å². The van der Waals surface area contributed by atoms with Crippen molar-refractivity contribution in [2.24, 2.45) is 11.8 Å². The molecule has 1 aliphatic heterocycles. The number of hydrogen-bond donors (Lipinski definition) is 1. The summed E-state index contributed by atoms with van der Waals surface area (Å²) in [5.41, 5.74) is 0. The first-order valence-electron chi connectivity index (χ1n) is 8.21. The molecule has 1 heterocycles. The number of ether oxygens (including phenoxy) is 1. The Balaban J connectivity index is 1.82. The van der Waals surface area contributed by atoms with Crippen LogP contribution in [0.1, 0.15) is 64.7 Å². The average molecular weight is 253 g/mol. The molecule has 0 aromatic rings. The molecule has 106 valence electrons. The number of rotatable bonds is 6. The summed E-state index contributed by atoms with van der Waals surface area (Å²) in [5.74, 6) is 1.86. The monoisotopic (exact) mass is 253 g/mol. The van der Waals surface area contributed by atoms with Gasteiger partial charge in [-0.25, -0.2) is 0 Å². The van der Waals surface area contributed by atoms with Crippen LogP contribution < -0.4 is 5.32 Å². The summed E-state index contributed by atoms with van der Waals surface area (Å²) in [6, 6.07) is 0.786. The standard InChI is InChI=1S/C16H31NO/c1-2-10-17-16(15-6-4-3-5-7-15)13-14-8-11-18-12-9-14/h14-17H,2-13H2,1H3. The van der Waals surface area contributed by atoms with Crippen LogP contribution in [0.5, 0.6) is 0 Å². The van der Waals surface area contributed by atoms with Crippen molar-refractivity contribution in [1.82, 2.24) is 5.32 Å². The molecule has 2 nitrogen and oxygen atoms in total. The fraction of sp³-hybridized carbons (Fsp3) is 1.00. The summed E-state index contributed by atoms with van der Waals surface area (Å²) in [4.78, 5) is 0. The lowest BCUT2D eigenvalue weighted by atomic mass is 9.79. The van der Waals surface area contributed by atoms with E-state index in [-0.39, 0.29) is 0 Å². The molecular weight excluding hydrogens is 222 g/mol. The third-order valence-electron chi connectivity index (χ3n) is 4.80. The quantitative estimate of drug-likeness (QED) is 0.778. The highest BCUT2D eigenvalue weighted by Gasteiger charge is 2.26. The van der Waals surface area contributed by atoms with Crippen LogP contribution in [0.3, 0.4) is 0 Å². The van der Waals surface area contributed by atoms with Crippen molar-refractivity contribution in [2.45, 2.75) is 70.8 Å². The van der Waals surface area contributed by atoms with Gasteiger partial charge in [0.05, 0.1) is 0 Å². The summed E-state index contributed by atoms with van der Waals surface area (Å²) >= 11 is 0. The SMILES string of the molecule is CCCNC(CC1CCOCC1)C1CCCCC1. The molecule has 2 rings (SSSR count). The van der Waals surface area contributed by atoms with Crippen LogP contribution in [0, 0.1) is 11.8 Å². The Morgan fingerprint density at radius 2 is 1.78 bits per heavy atom. The zero-order valence-electron chi connectivity index (χ0n) is 12.1. The van der Waals surface area contributed by atoms with Gasteiger partial charge in [-0.2, -0.15) is 0 Å². The molecule has 1 atom stereocenters. The normalized spacial score (nSPS) is 25.2. The van der Waals surface area contributed by atoms with Crippen LogP contribution in [0.2, 0.25) is 0 Å². The molecule has 1 unspecified atom stereocenters. The zero-order chi connectivity index (χ0) is 12.6. The lowest BCUT2D eigenvalue weighted by Crippen LogP contribution is -2.40. The first kappa shape index (κ1) is 14.3. The van der Waals surface area contributed by atoms with Crippen LogP contribution in [0.4, 0.5) is 0 Å². The van der Waals surface area contributed by atoms with Crippen LogP contribution in [-0.4, -0.2) is 25.8 Å². The first-order valence-corrected chi connectivity index (χ1v) is 8.21. The van der Waals surface area contributed by atoms with E-state index in [1.807, 2.05) is 0 Å². The maximum atomic E-state index is 5.49. The van der Waals surface area contributed by atoms with E-state index in [0.717, 1.165) is 31.1 Å². The number of hydrogen-bond acceptors (Lipinski definition) is 2. The molecule has 0 aromatic heterocycles.